The average Bonchev–Trinajstić information content (AvgIpc) is 2.78. The Balaban J connectivity index is 2.26. The third kappa shape index (κ3) is 2.63. The molecule has 2 heterocycles. The number of nitrogens with zero attached hydrogens (tertiary/aromatic N) is 3. The number of nitrogens with two attached hydrogens (primary N) is 1. The lowest BCUT2D eigenvalue weighted by atomic mass is 10.2. The Hall–Kier alpha value is -1.99. The molecule has 0 saturated heterocycles. The van der Waals surface area contributed by atoms with Crippen molar-refractivity contribution in [2.75, 3.05) is 20.6 Å². The molecule has 0 fully saturated rings. The van der Waals surface area contributed by atoms with Gasteiger partial charge in [0.25, 0.3) is 5.89 Å². The molecule has 0 spiro atoms. The molecule has 1 atom stereocenters. The summed E-state index contributed by atoms with van der Waals surface area (Å²) in [5, 5.41) is 3.80. The van der Waals surface area contributed by atoms with Crippen LogP contribution >= 0.6 is 0 Å². The van der Waals surface area contributed by atoms with E-state index in [0.29, 0.717) is 17.9 Å². The molecule has 0 aromatic carbocycles. The van der Waals surface area contributed by atoms with Gasteiger partial charge in [-0.3, -0.25) is 4.79 Å². The number of aromatic nitrogens is 3. The lowest BCUT2D eigenvalue weighted by molar-refractivity contribution is 0.357. The van der Waals surface area contributed by atoms with Crippen molar-refractivity contribution in [3.63, 3.8) is 0 Å². The first-order valence-corrected chi connectivity index (χ1v) is 5.49. The van der Waals surface area contributed by atoms with Gasteiger partial charge in [-0.2, -0.15) is 4.98 Å². The van der Waals surface area contributed by atoms with Crippen molar-refractivity contribution in [1.82, 2.24) is 20.0 Å². The molecule has 0 radical (unpaired) electrons. The van der Waals surface area contributed by atoms with Crippen molar-refractivity contribution >= 4 is 0 Å². The van der Waals surface area contributed by atoms with Gasteiger partial charge in [0, 0.05) is 25.0 Å². The predicted molar refractivity (Wildman–Crippen MR) is 65.8 cm³/mol. The number of rotatable bonds is 4. The highest BCUT2D eigenvalue weighted by atomic mass is 16.5. The fourth-order valence-corrected chi connectivity index (χ4v) is 1.55. The minimum atomic E-state index is -0.347. The zero-order valence-electron chi connectivity index (χ0n) is 10.3. The van der Waals surface area contributed by atoms with Gasteiger partial charge in [-0.05, 0) is 14.1 Å². The highest BCUT2D eigenvalue weighted by Crippen LogP contribution is 2.14. The van der Waals surface area contributed by atoms with E-state index in [-0.39, 0.29) is 17.4 Å². The van der Waals surface area contributed by atoms with Gasteiger partial charge in [0.05, 0.1) is 6.04 Å². The second-order valence-electron chi connectivity index (χ2n) is 4.25. The molecule has 3 N–H and O–H groups in total. The number of aromatic amines is 1. The number of nitrogens with one attached hydrogen (secondary N) is 1. The molecule has 18 heavy (non-hydrogen) atoms. The summed E-state index contributed by atoms with van der Waals surface area (Å²) in [4.78, 5) is 20.5. The third-order valence-electron chi connectivity index (χ3n) is 2.39. The van der Waals surface area contributed by atoms with E-state index in [1.54, 1.807) is 6.20 Å². The summed E-state index contributed by atoms with van der Waals surface area (Å²) in [5.41, 5.74) is 6.08. The lowest BCUT2D eigenvalue weighted by Crippen LogP contribution is -2.26. The van der Waals surface area contributed by atoms with E-state index in [4.69, 9.17) is 10.3 Å². The van der Waals surface area contributed by atoms with E-state index >= 15 is 0 Å². The van der Waals surface area contributed by atoms with Crippen LogP contribution in [0.15, 0.2) is 27.8 Å². The number of likely N-dealkylation sites (N-methyl/N-ethyl adjacent to an activating group) is 1. The molecule has 0 aliphatic rings. The van der Waals surface area contributed by atoms with E-state index in [9.17, 15) is 4.79 Å². The van der Waals surface area contributed by atoms with Crippen molar-refractivity contribution in [3.05, 3.63) is 34.5 Å². The number of hydrogen-bond donors (Lipinski definition) is 2. The summed E-state index contributed by atoms with van der Waals surface area (Å²) >= 11 is 0. The summed E-state index contributed by atoms with van der Waals surface area (Å²) in [5.74, 6) is 0.572. The van der Waals surface area contributed by atoms with Gasteiger partial charge in [0.1, 0.15) is 5.56 Å². The van der Waals surface area contributed by atoms with Crippen molar-refractivity contribution in [3.8, 4) is 11.5 Å². The third-order valence-corrected chi connectivity index (χ3v) is 2.39. The molecule has 96 valence electrons. The van der Waals surface area contributed by atoms with Gasteiger partial charge in [-0.25, -0.2) is 0 Å². The van der Waals surface area contributed by atoms with Gasteiger partial charge >= 0.3 is 0 Å². The zero-order valence-corrected chi connectivity index (χ0v) is 10.3. The molecule has 0 amide bonds. The lowest BCUT2D eigenvalue weighted by Gasteiger charge is -2.12. The first-order valence-electron chi connectivity index (χ1n) is 5.49. The van der Waals surface area contributed by atoms with Gasteiger partial charge in [-0.1, -0.05) is 5.16 Å². The molecule has 0 aliphatic heterocycles. The maximum atomic E-state index is 11.6. The van der Waals surface area contributed by atoms with Crippen LogP contribution in [-0.2, 0) is 0 Å². The Morgan fingerprint density at radius 3 is 3.00 bits per heavy atom. The smallest absolute Gasteiger partial charge is 0.263 e. The first kappa shape index (κ1) is 12.5. The van der Waals surface area contributed by atoms with E-state index in [0.717, 1.165) is 0 Å². The first-order chi connectivity index (χ1) is 8.58. The molecule has 7 nitrogen and oxygen atoms in total. The fourth-order valence-electron chi connectivity index (χ4n) is 1.55. The molecule has 0 aliphatic carbocycles. The van der Waals surface area contributed by atoms with Crippen LogP contribution in [0.4, 0.5) is 0 Å². The van der Waals surface area contributed by atoms with Crippen LogP contribution in [0.25, 0.3) is 11.5 Å². The van der Waals surface area contributed by atoms with Gasteiger partial charge < -0.3 is 20.1 Å². The quantitative estimate of drug-likeness (QED) is 0.790. The fraction of sp³-hybridized carbons (Fsp3) is 0.364. The van der Waals surface area contributed by atoms with Crippen LogP contribution in [-0.4, -0.2) is 40.7 Å². The summed E-state index contributed by atoms with van der Waals surface area (Å²) in [6.07, 6.45) is 3.07. The number of pyridine rings is 1. The zero-order chi connectivity index (χ0) is 13.1. The summed E-state index contributed by atoms with van der Waals surface area (Å²) in [6, 6.07) is 1.05. The van der Waals surface area contributed by atoms with E-state index in [1.807, 2.05) is 19.0 Å². The largest absolute Gasteiger partial charge is 0.367 e. The maximum absolute atomic E-state index is 11.6. The Morgan fingerprint density at radius 1 is 1.56 bits per heavy atom. The maximum Gasteiger partial charge on any atom is 0.263 e. The number of H-pyrrole nitrogens is 1. The van der Waals surface area contributed by atoms with E-state index in [1.165, 1.54) is 12.3 Å². The van der Waals surface area contributed by atoms with Crippen molar-refractivity contribution < 1.29 is 4.52 Å². The van der Waals surface area contributed by atoms with Crippen LogP contribution in [0.2, 0.25) is 0 Å². The highest BCUT2D eigenvalue weighted by molar-refractivity contribution is 5.50. The standard InChI is InChI=1S/C11H15N5O2/c1-16(2)6-8(12)10-14-11(18-15-10)7-5-13-4-3-9(7)17/h3-5,8H,6,12H2,1-2H3,(H,13,17). The van der Waals surface area contributed by atoms with Gasteiger partial charge in [0.15, 0.2) is 11.3 Å². The Labute approximate surface area is 104 Å². The van der Waals surface area contributed by atoms with Crippen LogP contribution in [0, 0.1) is 0 Å². The topological polar surface area (TPSA) is 101 Å². The molecule has 0 bridgehead atoms. The second kappa shape index (κ2) is 5.11. The predicted octanol–water partition coefficient (Wildman–Crippen LogP) is -0.0137. The normalized spacial score (nSPS) is 12.9. The molecule has 2 rings (SSSR count). The molecule has 2 aromatic heterocycles. The van der Waals surface area contributed by atoms with Gasteiger partial charge in [0.2, 0.25) is 0 Å². The summed E-state index contributed by atoms with van der Waals surface area (Å²) in [6.45, 7) is 0.601. The molecule has 2 aromatic rings. The second-order valence-corrected chi connectivity index (χ2v) is 4.25. The summed E-state index contributed by atoms with van der Waals surface area (Å²) in [7, 11) is 3.81. The van der Waals surface area contributed by atoms with Crippen molar-refractivity contribution in [1.29, 1.82) is 0 Å². The SMILES string of the molecule is CN(C)CC(N)c1noc(-c2c[nH]ccc2=O)n1. The average molecular weight is 249 g/mol. The molecule has 1 unspecified atom stereocenters. The monoisotopic (exact) mass is 249 g/mol. The van der Waals surface area contributed by atoms with Crippen LogP contribution in [0.5, 0.6) is 0 Å². The molecular formula is C11H15N5O2. The molecular weight excluding hydrogens is 234 g/mol. The minimum absolute atomic E-state index is 0.176. The van der Waals surface area contributed by atoms with Crippen molar-refractivity contribution in [2.24, 2.45) is 5.73 Å². The van der Waals surface area contributed by atoms with Crippen molar-refractivity contribution in [2.45, 2.75) is 6.04 Å². The number of hydrogen-bond acceptors (Lipinski definition) is 6. The highest BCUT2D eigenvalue weighted by Gasteiger charge is 2.17. The summed E-state index contributed by atoms with van der Waals surface area (Å²) < 4.78 is 5.05. The van der Waals surface area contributed by atoms with Crippen LogP contribution < -0.4 is 11.2 Å². The molecule has 7 heteroatoms. The van der Waals surface area contributed by atoms with Crippen LogP contribution in [0.1, 0.15) is 11.9 Å². The Kier molecular flexibility index (Phi) is 3.54. The van der Waals surface area contributed by atoms with Crippen LogP contribution in [0.3, 0.4) is 0 Å². The van der Waals surface area contributed by atoms with Gasteiger partial charge in [-0.15, -0.1) is 0 Å². The van der Waals surface area contributed by atoms with E-state index < -0.39 is 0 Å². The minimum Gasteiger partial charge on any atom is -0.367 e. The Morgan fingerprint density at radius 2 is 2.33 bits per heavy atom. The molecule has 0 saturated carbocycles. The van der Waals surface area contributed by atoms with E-state index in [2.05, 4.69) is 15.1 Å². The Bertz CT molecular complexity index is 575.